The summed E-state index contributed by atoms with van der Waals surface area (Å²) in [6, 6.07) is 0. The van der Waals surface area contributed by atoms with E-state index in [0.29, 0.717) is 0 Å². The van der Waals surface area contributed by atoms with Crippen molar-refractivity contribution in [3.8, 4) is 0 Å². The van der Waals surface area contributed by atoms with Gasteiger partial charge in [0.05, 0.1) is 0 Å². The zero-order chi connectivity index (χ0) is 6.41. The van der Waals surface area contributed by atoms with Crippen LogP contribution in [-0.2, 0) is 9.53 Å². The standard InChI is InChI=1S/C4H8O4/c5-2-1-4(7)8-3-6/h3-5,7H,1-2H2. The van der Waals surface area contributed by atoms with Crippen LogP contribution in [0.25, 0.3) is 0 Å². The summed E-state index contributed by atoms with van der Waals surface area (Å²) in [5, 5.41) is 16.5. The lowest BCUT2D eigenvalue weighted by molar-refractivity contribution is -0.153. The molecule has 0 aliphatic heterocycles. The maximum atomic E-state index is 9.43. The van der Waals surface area contributed by atoms with Crippen molar-refractivity contribution in [2.75, 3.05) is 6.61 Å². The van der Waals surface area contributed by atoms with Crippen LogP contribution in [-0.4, -0.2) is 29.6 Å². The molecule has 0 heterocycles. The Labute approximate surface area is 46.7 Å². The van der Waals surface area contributed by atoms with E-state index in [1.54, 1.807) is 0 Å². The van der Waals surface area contributed by atoms with Crippen molar-refractivity contribution in [1.82, 2.24) is 0 Å². The van der Waals surface area contributed by atoms with Gasteiger partial charge >= 0.3 is 0 Å². The fourth-order valence-corrected chi connectivity index (χ4v) is 0.243. The van der Waals surface area contributed by atoms with E-state index < -0.39 is 6.29 Å². The summed E-state index contributed by atoms with van der Waals surface area (Å²) >= 11 is 0. The summed E-state index contributed by atoms with van der Waals surface area (Å²) < 4.78 is 4.00. The largest absolute Gasteiger partial charge is 0.438 e. The molecule has 1 unspecified atom stereocenters. The first-order valence-electron chi connectivity index (χ1n) is 2.19. The first-order valence-corrected chi connectivity index (χ1v) is 2.19. The van der Waals surface area contributed by atoms with Gasteiger partial charge in [0.15, 0.2) is 0 Å². The van der Waals surface area contributed by atoms with Crippen LogP contribution in [0, 0.1) is 0 Å². The Kier molecular flexibility index (Phi) is 4.20. The molecule has 0 saturated heterocycles. The highest BCUT2D eigenvalue weighted by molar-refractivity contribution is 5.37. The van der Waals surface area contributed by atoms with Crippen molar-refractivity contribution in [3.63, 3.8) is 0 Å². The van der Waals surface area contributed by atoms with Crippen LogP contribution >= 0.6 is 0 Å². The van der Waals surface area contributed by atoms with Gasteiger partial charge in [0.25, 0.3) is 6.47 Å². The van der Waals surface area contributed by atoms with Gasteiger partial charge in [-0.1, -0.05) is 0 Å². The Hall–Kier alpha value is -0.610. The Bertz CT molecular complexity index is 63.1. The summed E-state index contributed by atoms with van der Waals surface area (Å²) in [6.45, 7) is -0.0463. The first kappa shape index (κ1) is 7.39. The lowest BCUT2D eigenvalue weighted by Gasteiger charge is -2.03. The van der Waals surface area contributed by atoms with Gasteiger partial charge < -0.3 is 14.9 Å². The molecule has 0 bridgehead atoms. The Balaban J connectivity index is 3.03. The molecule has 1 atom stereocenters. The molecular formula is C4H8O4. The smallest absolute Gasteiger partial charge is 0.295 e. The van der Waals surface area contributed by atoms with E-state index in [1.165, 1.54) is 0 Å². The summed E-state index contributed by atoms with van der Waals surface area (Å²) in [7, 11) is 0. The van der Waals surface area contributed by atoms with Gasteiger partial charge in [0, 0.05) is 13.0 Å². The molecule has 0 aromatic carbocycles. The fraction of sp³-hybridized carbons (Fsp3) is 0.750. The molecule has 0 aliphatic rings. The van der Waals surface area contributed by atoms with Gasteiger partial charge in [-0.25, -0.2) is 0 Å². The van der Waals surface area contributed by atoms with E-state index in [1.807, 2.05) is 0 Å². The highest BCUT2D eigenvalue weighted by Crippen LogP contribution is 1.87. The van der Waals surface area contributed by atoms with Crippen molar-refractivity contribution >= 4 is 6.47 Å². The minimum absolute atomic E-state index is 0.0682. The van der Waals surface area contributed by atoms with Crippen LogP contribution in [0.3, 0.4) is 0 Å². The summed E-state index contributed by atoms with van der Waals surface area (Å²) in [4.78, 5) is 9.43. The highest BCUT2D eigenvalue weighted by atomic mass is 16.6. The molecular weight excluding hydrogens is 112 g/mol. The van der Waals surface area contributed by atoms with Gasteiger partial charge in [-0.05, 0) is 0 Å². The van der Waals surface area contributed by atoms with E-state index in [9.17, 15) is 4.79 Å². The average Bonchev–Trinajstić information content (AvgIpc) is 1.68. The Morgan fingerprint density at radius 3 is 2.75 bits per heavy atom. The Morgan fingerprint density at radius 1 is 1.75 bits per heavy atom. The highest BCUT2D eigenvalue weighted by Gasteiger charge is 1.99. The molecule has 8 heavy (non-hydrogen) atoms. The van der Waals surface area contributed by atoms with Crippen molar-refractivity contribution in [2.45, 2.75) is 12.7 Å². The lowest BCUT2D eigenvalue weighted by atomic mass is 10.4. The molecule has 0 amide bonds. The molecule has 0 radical (unpaired) electrons. The van der Waals surface area contributed by atoms with E-state index in [-0.39, 0.29) is 19.5 Å². The molecule has 4 nitrogen and oxygen atoms in total. The Morgan fingerprint density at radius 2 is 2.38 bits per heavy atom. The number of carbonyl (C=O) groups excluding carboxylic acids is 1. The van der Waals surface area contributed by atoms with E-state index in [4.69, 9.17) is 10.2 Å². The first-order chi connectivity index (χ1) is 3.81. The molecule has 0 aromatic heterocycles. The molecule has 48 valence electrons. The zero-order valence-electron chi connectivity index (χ0n) is 4.28. The molecule has 0 fully saturated rings. The minimum atomic E-state index is -1.16. The topological polar surface area (TPSA) is 66.8 Å². The van der Waals surface area contributed by atoms with Crippen LogP contribution in [0.1, 0.15) is 6.42 Å². The fourth-order valence-electron chi connectivity index (χ4n) is 0.243. The number of hydrogen-bond donors (Lipinski definition) is 2. The summed E-state index contributed by atoms with van der Waals surface area (Å²) in [5.74, 6) is 0. The van der Waals surface area contributed by atoms with Gasteiger partial charge in [-0.15, -0.1) is 0 Å². The molecule has 0 spiro atoms. The second-order valence-corrected chi connectivity index (χ2v) is 1.20. The predicted molar refractivity (Wildman–Crippen MR) is 24.9 cm³/mol. The van der Waals surface area contributed by atoms with Gasteiger partial charge in [0.2, 0.25) is 6.29 Å². The quantitative estimate of drug-likeness (QED) is 0.363. The third-order valence-electron chi connectivity index (χ3n) is 0.589. The van der Waals surface area contributed by atoms with Gasteiger partial charge in [0.1, 0.15) is 0 Å². The average molecular weight is 120 g/mol. The number of hydrogen-bond acceptors (Lipinski definition) is 4. The normalized spacial score (nSPS) is 12.8. The third kappa shape index (κ3) is 3.58. The lowest BCUT2D eigenvalue weighted by Crippen LogP contribution is -2.11. The van der Waals surface area contributed by atoms with Gasteiger partial charge in [-0.2, -0.15) is 0 Å². The van der Waals surface area contributed by atoms with Crippen LogP contribution in [0.2, 0.25) is 0 Å². The number of aliphatic hydroxyl groups is 2. The predicted octanol–water partition coefficient (Wildman–Crippen LogP) is -1.14. The minimum Gasteiger partial charge on any atom is -0.438 e. The summed E-state index contributed by atoms with van der Waals surface area (Å²) in [5.41, 5.74) is 0. The molecule has 0 aliphatic carbocycles. The maximum absolute atomic E-state index is 9.43. The number of carbonyl (C=O) groups is 1. The third-order valence-corrected chi connectivity index (χ3v) is 0.589. The van der Waals surface area contributed by atoms with E-state index >= 15 is 0 Å². The molecule has 0 rings (SSSR count). The van der Waals surface area contributed by atoms with Gasteiger partial charge in [-0.3, -0.25) is 4.79 Å². The second-order valence-electron chi connectivity index (χ2n) is 1.20. The van der Waals surface area contributed by atoms with E-state index in [2.05, 4.69) is 4.74 Å². The summed E-state index contributed by atoms with van der Waals surface area (Å²) in [6.07, 6.45) is -1.09. The molecule has 4 heteroatoms. The van der Waals surface area contributed by atoms with E-state index in [0.717, 1.165) is 0 Å². The molecule has 0 saturated carbocycles. The van der Waals surface area contributed by atoms with Crippen LogP contribution in [0.15, 0.2) is 0 Å². The van der Waals surface area contributed by atoms with Crippen LogP contribution < -0.4 is 0 Å². The van der Waals surface area contributed by atoms with Crippen molar-refractivity contribution < 1.29 is 19.7 Å². The molecule has 2 N–H and O–H groups in total. The number of aliphatic hydroxyl groups excluding tert-OH is 2. The second kappa shape index (κ2) is 4.55. The zero-order valence-corrected chi connectivity index (χ0v) is 4.28. The number of ether oxygens (including phenoxy) is 1. The number of rotatable bonds is 4. The van der Waals surface area contributed by atoms with Crippen LogP contribution in [0.5, 0.6) is 0 Å². The SMILES string of the molecule is O=COC(O)CCO. The van der Waals surface area contributed by atoms with Crippen molar-refractivity contribution in [3.05, 3.63) is 0 Å². The van der Waals surface area contributed by atoms with Crippen molar-refractivity contribution in [2.24, 2.45) is 0 Å². The molecule has 0 aromatic rings. The van der Waals surface area contributed by atoms with Crippen molar-refractivity contribution in [1.29, 1.82) is 0 Å². The maximum Gasteiger partial charge on any atom is 0.295 e. The monoisotopic (exact) mass is 120 g/mol. The van der Waals surface area contributed by atoms with Crippen LogP contribution in [0.4, 0.5) is 0 Å².